The van der Waals surface area contributed by atoms with E-state index in [0.29, 0.717) is 6.54 Å². The number of anilines is 1. The van der Waals surface area contributed by atoms with E-state index in [0.717, 1.165) is 17.1 Å². The molecule has 0 fully saturated rings. The van der Waals surface area contributed by atoms with Gasteiger partial charge < -0.3 is 10.4 Å². The lowest BCUT2D eigenvalue weighted by Gasteiger charge is -2.05. The van der Waals surface area contributed by atoms with Gasteiger partial charge in [0.1, 0.15) is 5.69 Å². The number of hydrogen-bond acceptors (Lipinski definition) is 5. The summed E-state index contributed by atoms with van der Waals surface area (Å²) in [5.41, 5.74) is 2.44. The van der Waals surface area contributed by atoms with Gasteiger partial charge in [-0.05, 0) is 19.1 Å². The smallest absolute Gasteiger partial charge is 0.354 e. The SMILES string of the molecule is Cc1cnc(CNc2ccc(C(=O)O)nc2)cn1. The Kier molecular flexibility index (Phi) is 3.47. The Morgan fingerprint density at radius 1 is 1.22 bits per heavy atom. The fourth-order valence-electron chi connectivity index (χ4n) is 1.33. The summed E-state index contributed by atoms with van der Waals surface area (Å²) in [5, 5.41) is 11.8. The lowest BCUT2D eigenvalue weighted by molar-refractivity contribution is 0.0690. The summed E-state index contributed by atoms with van der Waals surface area (Å²) < 4.78 is 0. The van der Waals surface area contributed by atoms with Gasteiger partial charge in [0.05, 0.1) is 36.0 Å². The van der Waals surface area contributed by atoms with Gasteiger partial charge in [0.25, 0.3) is 0 Å². The van der Waals surface area contributed by atoms with E-state index in [2.05, 4.69) is 20.3 Å². The lowest BCUT2D eigenvalue weighted by atomic mass is 10.3. The third-order valence-electron chi connectivity index (χ3n) is 2.29. The Bertz CT molecular complexity index is 537. The van der Waals surface area contributed by atoms with E-state index in [1.54, 1.807) is 18.5 Å². The lowest BCUT2D eigenvalue weighted by Crippen LogP contribution is -2.04. The number of nitrogens with one attached hydrogen (secondary N) is 1. The van der Waals surface area contributed by atoms with Crippen molar-refractivity contribution in [3.8, 4) is 0 Å². The number of aromatic carboxylic acids is 1. The number of carboxylic acid groups (broad SMARTS) is 1. The minimum absolute atomic E-state index is 0.0238. The highest BCUT2D eigenvalue weighted by molar-refractivity contribution is 5.85. The molecule has 92 valence electrons. The molecule has 2 heterocycles. The van der Waals surface area contributed by atoms with Crippen molar-refractivity contribution in [2.24, 2.45) is 0 Å². The molecule has 0 saturated carbocycles. The maximum absolute atomic E-state index is 10.6. The Morgan fingerprint density at radius 3 is 2.61 bits per heavy atom. The average molecular weight is 244 g/mol. The number of carboxylic acids is 1. The summed E-state index contributed by atoms with van der Waals surface area (Å²) in [6, 6.07) is 3.11. The van der Waals surface area contributed by atoms with Crippen LogP contribution in [0.1, 0.15) is 21.9 Å². The van der Waals surface area contributed by atoms with Crippen LogP contribution in [-0.2, 0) is 6.54 Å². The van der Waals surface area contributed by atoms with E-state index in [9.17, 15) is 4.79 Å². The van der Waals surface area contributed by atoms with Crippen molar-refractivity contribution in [1.29, 1.82) is 0 Å². The molecule has 0 aromatic carbocycles. The summed E-state index contributed by atoms with van der Waals surface area (Å²) >= 11 is 0. The summed E-state index contributed by atoms with van der Waals surface area (Å²) in [5.74, 6) is -1.04. The first-order valence-corrected chi connectivity index (χ1v) is 5.36. The third kappa shape index (κ3) is 3.00. The van der Waals surface area contributed by atoms with E-state index in [-0.39, 0.29) is 5.69 Å². The van der Waals surface area contributed by atoms with Gasteiger partial charge in [-0.3, -0.25) is 9.97 Å². The second kappa shape index (κ2) is 5.22. The Hall–Kier alpha value is -2.50. The van der Waals surface area contributed by atoms with Crippen LogP contribution in [0.5, 0.6) is 0 Å². The molecule has 2 aromatic heterocycles. The molecule has 0 spiro atoms. The maximum atomic E-state index is 10.6. The van der Waals surface area contributed by atoms with Crippen LogP contribution in [0.4, 0.5) is 5.69 Å². The first kappa shape index (κ1) is 12.0. The van der Waals surface area contributed by atoms with E-state index in [1.165, 1.54) is 12.3 Å². The largest absolute Gasteiger partial charge is 0.477 e. The van der Waals surface area contributed by atoms with E-state index >= 15 is 0 Å². The van der Waals surface area contributed by atoms with Crippen molar-refractivity contribution < 1.29 is 9.90 Å². The molecule has 2 rings (SSSR count). The van der Waals surface area contributed by atoms with Gasteiger partial charge in [-0.2, -0.15) is 0 Å². The first-order chi connectivity index (χ1) is 8.65. The second-order valence-electron chi connectivity index (χ2n) is 3.74. The number of carbonyl (C=O) groups is 1. The monoisotopic (exact) mass is 244 g/mol. The molecular weight excluding hydrogens is 232 g/mol. The zero-order valence-corrected chi connectivity index (χ0v) is 9.79. The zero-order chi connectivity index (χ0) is 13.0. The molecule has 0 aliphatic carbocycles. The van der Waals surface area contributed by atoms with Crippen LogP contribution in [-0.4, -0.2) is 26.0 Å². The van der Waals surface area contributed by atoms with Gasteiger partial charge in [0.2, 0.25) is 0 Å². The van der Waals surface area contributed by atoms with Gasteiger partial charge >= 0.3 is 5.97 Å². The van der Waals surface area contributed by atoms with Crippen LogP contribution in [0.3, 0.4) is 0 Å². The molecule has 0 radical (unpaired) electrons. The van der Waals surface area contributed by atoms with Crippen LogP contribution in [0.2, 0.25) is 0 Å². The number of nitrogens with zero attached hydrogens (tertiary/aromatic N) is 3. The normalized spacial score (nSPS) is 10.1. The number of hydrogen-bond donors (Lipinski definition) is 2. The molecule has 2 N–H and O–H groups in total. The molecular formula is C12H12N4O2. The van der Waals surface area contributed by atoms with Crippen molar-refractivity contribution in [2.75, 3.05) is 5.32 Å². The average Bonchev–Trinajstić information content (AvgIpc) is 2.38. The van der Waals surface area contributed by atoms with Gasteiger partial charge in [-0.15, -0.1) is 0 Å². The third-order valence-corrected chi connectivity index (χ3v) is 2.29. The van der Waals surface area contributed by atoms with Crippen molar-refractivity contribution in [1.82, 2.24) is 15.0 Å². The van der Waals surface area contributed by atoms with Crippen molar-refractivity contribution >= 4 is 11.7 Å². The van der Waals surface area contributed by atoms with Crippen LogP contribution in [0.25, 0.3) is 0 Å². The summed E-state index contributed by atoms with van der Waals surface area (Å²) in [6.45, 7) is 2.39. The van der Waals surface area contributed by atoms with E-state index in [4.69, 9.17) is 5.11 Å². The molecule has 0 saturated heterocycles. The maximum Gasteiger partial charge on any atom is 0.354 e. The molecule has 2 aromatic rings. The fourth-order valence-corrected chi connectivity index (χ4v) is 1.33. The van der Waals surface area contributed by atoms with Crippen molar-refractivity contribution in [2.45, 2.75) is 13.5 Å². The summed E-state index contributed by atoms with van der Waals surface area (Å²) in [6.07, 6.45) is 4.87. The van der Waals surface area contributed by atoms with Gasteiger partial charge in [-0.1, -0.05) is 0 Å². The Balaban J connectivity index is 1.97. The molecule has 18 heavy (non-hydrogen) atoms. The summed E-state index contributed by atoms with van der Waals surface area (Å²) in [7, 11) is 0. The molecule has 0 bridgehead atoms. The predicted molar refractivity (Wildman–Crippen MR) is 65.3 cm³/mol. The molecule has 0 unspecified atom stereocenters. The highest BCUT2D eigenvalue weighted by Gasteiger charge is 2.03. The molecule has 0 aliphatic heterocycles. The highest BCUT2D eigenvalue weighted by atomic mass is 16.4. The minimum atomic E-state index is -1.04. The van der Waals surface area contributed by atoms with Crippen molar-refractivity contribution in [3.63, 3.8) is 0 Å². The van der Waals surface area contributed by atoms with Gasteiger partial charge in [0.15, 0.2) is 0 Å². The highest BCUT2D eigenvalue weighted by Crippen LogP contribution is 2.07. The number of aryl methyl sites for hydroxylation is 1. The quantitative estimate of drug-likeness (QED) is 0.847. The number of aromatic nitrogens is 3. The number of rotatable bonds is 4. The van der Waals surface area contributed by atoms with Crippen LogP contribution in [0.15, 0.2) is 30.7 Å². The van der Waals surface area contributed by atoms with Crippen LogP contribution in [0, 0.1) is 6.92 Å². The topological polar surface area (TPSA) is 88.0 Å². The molecule has 0 amide bonds. The molecule has 0 aliphatic rings. The molecule has 6 heteroatoms. The molecule has 6 nitrogen and oxygen atoms in total. The van der Waals surface area contributed by atoms with Gasteiger partial charge in [-0.25, -0.2) is 9.78 Å². The fraction of sp³-hybridized carbons (Fsp3) is 0.167. The zero-order valence-electron chi connectivity index (χ0n) is 9.79. The Labute approximate surface area is 104 Å². The van der Waals surface area contributed by atoms with Gasteiger partial charge in [0, 0.05) is 6.20 Å². The summed E-state index contributed by atoms with van der Waals surface area (Å²) in [4.78, 5) is 22.8. The van der Waals surface area contributed by atoms with E-state index in [1.807, 2.05) is 6.92 Å². The molecule has 0 atom stereocenters. The predicted octanol–water partition coefficient (Wildman–Crippen LogP) is 1.49. The van der Waals surface area contributed by atoms with Crippen LogP contribution < -0.4 is 5.32 Å². The minimum Gasteiger partial charge on any atom is -0.477 e. The number of pyridine rings is 1. The Morgan fingerprint density at radius 2 is 2.06 bits per heavy atom. The van der Waals surface area contributed by atoms with Crippen molar-refractivity contribution in [3.05, 3.63) is 47.8 Å². The first-order valence-electron chi connectivity index (χ1n) is 5.36. The second-order valence-corrected chi connectivity index (χ2v) is 3.74. The van der Waals surface area contributed by atoms with E-state index < -0.39 is 5.97 Å². The standard InChI is InChI=1S/C12H12N4O2/c1-8-4-14-10(6-13-8)7-15-9-2-3-11(12(17)18)16-5-9/h2-6,15H,7H2,1H3,(H,17,18). The van der Waals surface area contributed by atoms with Crippen LogP contribution >= 0.6 is 0 Å².